The number of aromatic nitrogens is 3. The number of benzene rings is 1. The van der Waals surface area contributed by atoms with Crippen molar-refractivity contribution < 1.29 is 4.79 Å². The van der Waals surface area contributed by atoms with Gasteiger partial charge in [0, 0.05) is 13.6 Å². The molecule has 6 nitrogen and oxygen atoms in total. The van der Waals surface area contributed by atoms with Crippen molar-refractivity contribution in [3.8, 4) is 0 Å². The van der Waals surface area contributed by atoms with E-state index in [-0.39, 0.29) is 17.4 Å². The quantitative estimate of drug-likeness (QED) is 0.797. The van der Waals surface area contributed by atoms with Crippen LogP contribution >= 0.6 is 0 Å². The summed E-state index contributed by atoms with van der Waals surface area (Å²) in [6.07, 6.45) is 0. The minimum Gasteiger partial charge on any atom is -0.382 e. The average Bonchev–Trinajstić information content (AvgIpc) is 2.69. The Labute approximate surface area is 98.4 Å². The van der Waals surface area contributed by atoms with Gasteiger partial charge in [-0.15, -0.1) is 5.10 Å². The molecule has 17 heavy (non-hydrogen) atoms. The number of rotatable bonds is 3. The number of nitrogens with one attached hydrogen (secondary N) is 1. The molecule has 0 fully saturated rings. The van der Waals surface area contributed by atoms with E-state index >= 15 is 0 Å². The van der Waals surface area contributed by atoms with Crippen LogP contribution in [0, 0.1) is 0 Å². The number of hydrogen-bond acceptors (Lipinski definition) is 4. The molecule has 1 aromatic heterocycles. The van der Waals surface area contributed by atoms with Crippen LogP contribution in [-0.2, 0) is 13.6 Å². The van der Waals surface area contributed by atoms with Gasteiger partial charge in [-0.25, -0.2) is 4.68 Å². The Morgan fingerprint density at radius 3 is 2.71 bits per heavy atom. The van der Waals surface area contributed by atoms with Crippen LogP contribution in [0.15, 0.2) is 30.3 Å². The van der Waals surface area contributed by atoms with Crippen LogP contribution in [0.4, 0.5) is 5.82 Å². The molecule has 0 saturated heterocycles. The Kier molecular flexibility index (Phi) is 3.04. The van der Waals surface area contributed by atoms with Gasteiger partial charge in [-0.2, -0.15) is 0 Å². The molecule has 88 valence electrons. The van der Waals surface area contributed by atoms with Crippen molar-refractivity contribution in [3.05, 3.63) is 41.6 Å². The smallest absolute Gasteiger partial charge is 0.275 e. The van der Waals surface area contributed by atoms with Gasteiger partial charge >= 0.3 is 0 Å². The first-order chi connectivity index (χ1) is 8.18. The number of nitrogens with two attached hydrogens (primary N) is 1. The van der Waals surface area contributed by atoms with E-state index in [1.165, 1.54) is 4.68 Å². The van der Waals surface area contributed by atoms with Crippen LogP contribution in [-0.4, -0.2) is 20.9 Å². The van der Waals surface area contributed by atoms with Crippen molar-refractivity contribution in [1.29, 1.82) is 0 Å². The summed E-state index contributed by atoms with van der Waals surface area (Å²) in [5, 5.41) is 10.1. The Balaban J connectivity index is 2.01. The zero-order valence-corrected chi connectivity index (χ0v) is 9.42. The Hall–Kier alpha value is -2.37. The highest BCUT2D eigenvalue weighted by molar-refractivity contribution is 5.96. The maximum atomic E-state index is 11.7. The second kappa shape index (κ2) is 4.65. The van der Waals surface area contributed by atoms with Gasteiger partial charge in [0.1, 0.15) is 0 Å². The van der Waals surface area contributed by atoms with E-state index in [0.717, 1.165) is 5.56 Å². The van der Waals surface area contributed by atoms with E-state index in [2.05, 4.69) is 15.6 Å². The average molecular weight is 231 g/mol. The number of nitrogen functional groups attached to an aromatic ring is 1. The third-order valence-corrected chi connectivity index (χ3v) is 2.38. The third-order valence-electron chi connectivity index (χ3n) is 2.38. The first kappa shape index (κ1) is 11.1. The van der Waals surface area contributed by atoms with Crippen LogP contribution in [0.5, 0.6) is 0 Å². The summed E-state index contributed by atoms with van der Waals surface area (Å²) in [5.41, 5.74) is 6.82. The molecule has 3 N–H and O–H groups in total. The number of hydrogen-bond donors (Lipinski definition) is 2. The lowest BCUT2D eigenvalue weighted by Crippen LogP contribution is -2.24. The van der Waals surface area contributed by atoms with E-state index in [1.54, 1.807) is 7.05 Å². The lowest BCUT2D eigenvalue weighted by atomic mass is 10.2. The highest BCUT2D eigenvalue weighted by Crippen LogP contribution is 2.05. The molecule has 0 saturated carbocycles. The Bertz CT molecular complexity index is 520. The summed E-state index contributed by atoms with van der Waals surface area (Å²) in [4.78, 5) is 11.7. The Morgan fingerprint density at radius 2 is 2.12 bits per heavy atom. The summed E-state index contributed by atoms with van der Waals surface area (Å²) in [6.45, 7) is 0.440. The van der Waals surface area contributed by atoms with Gasteiger partial charge in [-0.3, -0.25) is 4.79 Å². The molecule has 0 spiro atoms. The van der Waals surface area contributed by atoms with E-state index in [9.17, 15) is 4.79 Å². The molecule has 0 aliphatic rings. The first-order valence-corrected chi connectivity index (χ1v) is 5.16. The van der Waals surface area contributed by atoms with Crippen molar-refractivity contribution in [2.75, 3.05) is 5.73 Å². The molecule has 1 heterocycles. The maximum Gasteiger partial charge on any atom is 0.275 e. The van der Waals surface area contributed by atoms with E-state index in [1.807, 2.05) is 30.3 Å². The fourth-order valence-electron chi connectivity index (χ4n) is 1.39. The van der Waals surface area contributed by atoms with E-state index < -0.39 is 0 Å². The van der Waals surface area contributed by atoms with Gasteiger partial charge < -0.3 is 11.1 Å². The molecule has 1 aromatic carbocycles. The summed E-state index contributed by atoms with van der Waals surface area (Å²) in [7, 11) is 1.64. The topological polar surface area (TPSA) is 85.8 Å². The first-order valence-electron chi connectivity index (χ1n) is 5.16. The van der Waals surface area contributed by atoms with Crippen LogP contribution in [0.1, 0.15) is 16.1 Å². The number of anilines is 1. The van der Waals surface area contributed by atoms with Crippen molar-refractivity contribution in [3.63, 3.8) is 0 Å². The second-order valence-electron chi connectivity index (χ2n) is 3.62. The fourth-order valence-corrected chi connectivity index (χ4v) is 1.39. The normalized spacial score (nSPS) is 10.2. The molecular formula is C11H13N5O. The molecule has 0 atom stereocenters. The molecule has 6 heteroatoms. The number of carbonyl (C=O) groups is 1. The summed E-state index contributed by atoms with van der Waals surface area (Å²) >= 11 is 0. The van der Waals surface area contributed by atoms with E-state index in [0.29, 0.717) is 6.54 Å². The predicted molar refractivity (Wildman–Crippen MR) is 63.0 cm³/mol. The van der Waals surface area contributed by atoms with Crippen LogP contribution < -0.4 is 11.1 Å². The van der Waals surface area contributed by atoms with E-state index in [4.69, 9.17) is 5.73 Å². The number of amides is 1. The lowest BCUT2D eigenvalue weighted by Gasteiger charge is -2.03. The van der Waals surface area contributed by atoms with Crippen molar-refractivity contribution in [2.45, 2.75) is 6.54 Å². The van der Waals surface area contributed by atoms with Crippen molar-refractivity contribution >= 4 is 11.7 Å². The SMILES string of the molecule is Cn1nnc(C(=O)NCc2ccccc2)c1N. The monoisotopic (exact) mass is 231 g/mol. The molecule has 1 amide bonds. The highest BCUT2D eigenvalue weighted by atomic mass is 16.2. The minimum atomic E-state index is -0.320. The summed E-state index contributed by atoms with van der Waals surface area (Å²) in [6, 6.07) is 9.61. The minimum absolute atomic E-state index is 0.156. The largest absolute Gasteiger partial charge is 0.382 e. The standard InChI is InChI=1S/C11H13N5O/c1-16-10(12)9(14-15-16)11(17)13-7-8-5-3-2-4-6-8/h2-6H,7,12H2,1H3,(H,13,17). The molecular weight excluding hydrogens is 218 g/mol. The zero-order valence-electron chi connectivity index (χ0n) is 9.42. The van der Waals surface area contributed by atoms with Gasteiger partial charge in [-0.05, 0) is 5.56 Å². The fraction of sp³-hybridized carbons (Fsp3) is 0.182. The Morgan fingerprint density at radius 1 is 1.41 bits per heavy atom. The molecule has 0 bridgehead atoms. The molecule has 2 aromatic rings. The van der Waals surface area contributed by atoms with Crippen molar-refractivity contribution in [2.24, 2.45) is 7.05 Å². The molecule has 2 rings (SSSR count). The summed E-state index contributed by atoms with van der Waals surface area (Å²) < 4.78 is 1.36. The van der Waals surface area contributed by atoms with Crippen molar-refractivity contribution in [1.82, 2.24) is 20.3 Å². The van der Waals surface area contributed by atoms with Gasteiger partial charge in [0.25, 0.3) is 5.91 Å². The number of carbonyl (C=O) groups excluding carboxylic acids is 1. The van der Waals surface area contributed by atoms with Gasteiger partial charge in [0.05, 0.1) is 0 Å². The molecule has 0 aliphatic heterocycles. The summed E-state index contributed by atoms with van der Waals surface area (Å²) in [5.74, 6) is -0.0602. The number of aryl methyl sites for hydroxylation is 1. The molecule has 0 unspecified atom stereocenters. The maximum absolute atomic E-state index is 11.7. The second-order valence-corrected chi connectivity index (χ2v) is 3.62. The van der Waals surface area contributed by atoms with Gasteiger partial charge in [0.2, 0.25) is 0 Å². The third kappa shape index (κ3) is 2.41. The van der Waals surface area contributed by atoms with Crippen LogP contribution in [0.3, 0.4) is 0 Å². The zero-order chi connectivity index (χ0) is 12.3. The molecule has 0 radical (unpaired) electrons. The number of nitrogens with zero attached hydrogens (tertiary/aromatic N) is 3. The van der Waals surface area contributed by atoms with Crippen LogP contribution in [0.25, 0.3) is 0 Å². The highest BCUT2D eigenvalue weighted by Gasteiger charge is 2.15. The molecule has 0 aliphatic carbocycles. The predicted octanol–water partition coefficient (Wildman–Crippen LogP) is 0.327. The van der Waals surface area contributed by atoms with Gasteiger partial charge in [-0.1, -0.05) is 35.5 Å². The van der Waals surface area contributed by atoms with Crippen LogP contribution in [0.2, 0.25) is 0 Å². The van der Waals surface area contributed by atoms with Gasteiger partial charge in [0.15, 0.2) is 11.5 Å². The lowest BCUT2D eigenvalue weighted by molar-refractivity contribution is 0.0947.